The first-order valence-electron chi connectivity index (χ1n) is 7.46. The second kappa shape index (κ2) is 7.43. The molecule has 0 aromatic carbocycles. The van der Waals surface area contributed by atoms with Crippen LogP contribution >= 0.6 is 34.5 Å². The van der Waals surface area contributed by atoms with Gasteiger partial charge in [0.1, 0.15) is 21.0 Å². The Bertz CT molecular complexity index is 908. The molecule has 0 aliphatic rings. The van der Waals surface area contributed by atoms with Gasteiger partial charge in [0, 0.05) is 11.1 Å². The van der Waals surface area contributed by atoms with Crippen molar-refractivity contribution < 1.29 is 4.79 Å². The van der Waals surface area contributed by atoms with Crippen LogP contribution in [0.2, 0.25) is 10.3 Å². The number of anilines is 2. The van der Waals surface area contributed by atoms with Gasteiger partial charge in [0.15, 0.2) is 0 Å². The van der Waals surface area contributed by atoms with Crippen molar-refractivity contribution in [3.8, 4) is 0 Å². The molecule has 9 heteroatoms. The van der Waals surface area contributed by atoms with Crippen molar-refractivity contribution in [1.82, 2.24) is 15.4 Å². The minimum absolute atomic E-state index is 0.196. The lowest BCUT2D eigenvalue weighted by atomic mass is 10.0. The van der Waals surface area contributed by atoms with Crippen LogP contribution in [0, 0.1) is 0 Å². The van der Waals surface area contributed by atoms with Crippen molar-refractivity contribution >= 4 is 62.3 Å². The second-order valence-corrected chi connectivity index (χ2v) is 7.27. The molecule has 3 rings (SSSR count). The Morgan fingerprint density at radius 2 is 1.88 bits per heavy atom. The maximum absolute atomic E-state index is 12.0. The van der Waals surface area contributed by atoms with E-state index in [-0.39, 0.29) is 10.3 Å². The Hall–Kier alpha value is -2.09. The number of aromatic nitrogens is 2. The van der Waals surface area contributed by atoms with Crippen molar-refractivity contribution in [3.05, 3.63) is 45.5 Å². The molecule has 0 spiro atoms. The molecule has 0 aliphatic heterocycles. The highest BCUT2D eigenvalue weighted by molar-refractivity contribution is 7.16. The van der Waals surface area contributed by atoms with Crippen molar-refractivity contribution in [2.24, 2.45) is 0 Å². The molecule has 3 heterocycles. The zero-order valence-electron chi connectivity index (χ0n) is 13.4. The molecule has 130 valence electrons. The summed E-state index contributed by atoms with van der Waals surface area (Å²) in [6.45, 7) is 4.24. The number of fused-ring (bicyclic) bond motifs is 1. The number of nitrogens with zero attached hydrogens (tertiary/aromatic N) is 2. The van der Waals surface area contributed by atoms with Crippen LogP contribution in [-0.2, 0) is 0 Å². The summed E-state index contributed by atoms with van der Waals surface area (Å²) in [5.74, 6) is 0.912. The van der Waals surface area contributed by atoms with E-state index in [1.54, 1.807) is 11.3 Å². The molecule has 0 saturated carbocycles. The molecular formula is C16H15Cl2N5OS. The van der Waals surface area contributed by atoms with Crippen LogP contribution in [0.1, 0.15) is 25.3 Å². The van der Waals surface area contributed by atoms with Crippen LogP contribution in [0.15, 0.2) is 29.6 Å². The molecule has 0 radical (unpaired) electrons. The number of hydrogen-bond donors (Lipinski definition) is 3. The Kier molecular flexibility index (Phi) is 5.27. The lowest BCUT2D eigenvalue weighted by Gasteiger charge is -2.13. The molecule has 3 aromatic heterocycles. The summed E-state index contributed by atoms with van der Waals surface area (Å²) in [7, 11) is 0. The summed E-state index contributed by atoms with van der Waals surface area (Å²) >= 11 is 13.2. The van der Waals surface area contributed by atoms with E-state index in [2.05, 4.69) is 46.1 Å². The summed E-state index contributed by atoms with van der Waals surface area (Å²) in [6.07, 6.45) is 0. The zero-order valence-corrected chi connectivity index (χ0v) is 15.8. The largest absolute Gasteiger partial charge is 0.337 e. The monoisotopic (exact) mass is 395 g/mol. The molecule has 0 bridgehead atoms. The molecule has 0 saturated heterocycles. The van der Waals surface area contributed by atoms with Crippen LogP contribution in [0.25, 0.3) is 10.2 Å². The van der Waals surface area contributed by atoms with Gasteiger partial charge in [-0.1, -0.05) is 37.0 Å². The predicted molar refractivity (Wildman–Crippen MR) is 104 cm³/mol. The lowest BCUT2D eigenvalue weighted by Crippen LogP contribution is -2.34. The molecule has 0 fully saturated rings. The van der Waals surface area contributed by atoms with Crippen LogP contribution in [0.4, 0.5) is 16.3 Å². The van der Waals surface area contributed by atoms with Crippen LogP contribution in [0.5, 0.6) is 0 Å². The third-order valence-corrected chi connectivity index (χ3v) is 4.61. The molecule has 0 unspecified atom stereocenters. The van der Waals surface area contributed by atoms with E-state index in [1.807, 2.05) is 11.4 Å². The quantitative estimate of drug-likeness (QED) is 0.415. The molecular weight excluding hydrogens is 381 g/mol. The lowest BCUT2D eigenvalue weighted by molar-refractivity contribution is 0.254. The Morgan fingerprint density at radius 1 is 1.16 bits per heavy atom. The molecule has 25 heavy (non-hydrogen) atoms. The second-order valence-electron chi connectivity index (χ2n) is 5.60. The van der Waals surface area contributed by atoms with Gasteiger partial charge in [-0.25, -0.2) is 14.8 Å². The average molecular weight is 396 g/mol. The third kappa shape index (κ3) is 4.31. The van der Waals surface area contributed by atoms with Gasteiger partial charge in [-0.2, -0.15) is 0 Å². The van der Waals surface area contributed by atoms with Gasteiger partial charge >= 0.3 is 6.03 Å². The van der Waals surface area contributed by atoms with Crippen LogP contribution < -0.4 is 16.2 Å². The molecule has 6 nitrogen and oxygen atoms in total. The van der Waals surface area contributed by atoms with Gasteiger partial charge in [0.05, 0.1) is 0 Å². The normalized spacial score (nSPS) is 10.9. The van der Waals surface area contributed by atoms with Gasteiger partial charge in [-0.05, 0) is 41.1 Å². The van der Waals surface area contributed by atoms with Gasteiger partial charge in [0.25, 0.3) is 0 Å². The first-order valence-corrected chi connectivity index (χ1v) is 9.10. The van der Waals surface area contributed by atoms with Crippen LogP contribution in [0.3, 0.4) is 0 Å². The summed E-state index contributed by atoms with van der Waals surface area (Å²) < 4.78 is 0. The summed E-state index contributed by atoms with van der Waals surface area (Å²) in [6, 6.07) is 6.51. The number of carbonyl (C=O) groups is 1. The highest BCUT2D eigenvalue weighted by Crippen LogP contribution is 2.30. The first kappa shape index (κ1) is 17.7. The van der Waals surface area contributed by atoms with Crippen molar-refractivity contribution in [1.29, 1.82) is 0 Å². The summed E-state index contributed by atoms with van der Waals surface area (Å²) in [5.41, 5.74) is 6.98. The van der Waals surface area contributed by atoms with E-state index >= 15 is 0 Å². The smallest absolute Gasteiger partial charge is 0.306 e. The number of pyridine rings is 2. The number of carbonyl (C=O) groups excluding carboxylic acids is 1. The summed E-state index contributed by atoms with van der Waals surface area (Å²) in [5, 5.41) is 6.15. The summed E-state index contributed by atoms with van der Waals surface area (Å²) in [4.78, 5) is 21.3. The number of hydrazine groups is 1. The third-order valence-electron chi connectivity index (χ3n) is 3.42. The number of amides is 2. The van der Waals surface area contributed by atoms with E-state index in [1.165, 1.54) is 17.7 Å². The van der Waals surface area contributed by atoms with Crippen LogP contribution in [-0.4, -0.2) is 16.0 Å². The Balaban J connectivity index is 1.70. The molecule has 3 aromatic rings. The Labute approximate surface area is 158 Å². The highest BCUT2D eigenvalue weighted by Gasteiger charge is 2.11. The van der Waals surface area contributed by atoms with Crippen molar-refractivity contribution in [2.75, 3.05) is 10.7 Å². The van der Waals surface area contributed by atoms with Gasteiger partial charge < -0.3 is 5.32 Å². The number of hydrogen-bond acceptors (Lipinski definition) is 5. The molecule has 0 atom stereocenters. The average Bonchev–Trinajstić information content (AvgIpc) is 2.99. The first-order chi connectivity index (χ1) is 11.9. The van der Waals surface area contributed by atoms with E-state index in [0.717, 1.165) is 10.2 Å². The maximum Gasteiger partial charge on any atom is 0.337 e. The van der Waals surface area contributed by atoms with E-state index in [9.17, 15) is 4.79 Å². The zero-order chi connectivity index (χ0) is 18.0. The van der Waals surface area contributed by atoms with Gasteiger partial charge in [-0.15, -0.1) is 11.3 Å². The fraction of sp³-hybridized carbons (Fsp3) is 0.188. The van der Waals surface area contributed by atoms with E-state index in [0.29, 0.717) is 17.4 Å². The SMILES string of the molecule is CC(C)c1cc(NNC(=O)Nc2cc(Cl)nc(Cl)c2)nc2sccc12. The number of thiophene rings is 1. The standard InChI is InChI=1S/C16H15Cl2N5OS/c1-8(2)11-7-14(21-15-10(11)3-4-25-15)22-23-16(24)19-9-5-12(17)20-13(18)6-9/h3-8H,1-2H3,(H,21,22)(H2,19,20,23,24). The minimum Gasteiger partial charge on any atom is -0.306 e. The molecule has 3 N–H and O–H groups in total. The topological polar surface area (TPSA) is 78.9 Å². The van der Waals surface area contributed by atoms with E-state index in [4.69, 9.17) is 23.2 Å². The highest BCUT2D eigenvalue weighted by atomic mass is 35.5. The molecule has 0 aliphatic carbocycles. The van der Waals surface area contributed by atoms with Crippen molar-refractivity contribution in [3.63, 3.8) is 0 Å². The maximum atomic E-state index is 12.0. The fourth-order valence-corrected chi connectivity index (χ4v) is 3.59. The number of rotatable bonds is 4. The Morgan fingerprint density at radius 3 is 2.56 bits per heavy atom. The fourth-order valence-electron chi connectivity index (χ4n) is 2.34. The number of nitrogens with one attached hydrogen (secondary N) is 3. The van der Waals surface area contributed by atoms with Gasteiger partial charge in [-0.3, -0.25) is 10.9 Å². The van der Waals surface area contributed by atoms with Gasteiger partial charge in [0.2, 0.25) is 0 Å². The predicted octanol–water partition coefficient (Wildman–Crippen LogP) is 5.27. The van der Waals surface area contributed by atoms with Crippen molar-refractivity contribution in [2.45, 2.75) is 19.8 Å². The number of urea groups is 1. The number of halogens is 2. The minimum atomic E-state index is -0.475. The van der Waals surface area contributed by atoms with E-state index < -0.39 is 6.03 Å². The molecule has 2 amide bonds.